The molecule has 1 N–H and O–H groups in total. The number of ether oxygens (including phenoxy) is 1. The fourth-order valence-electron chi connectivity index (χ4n) is 3.08. The van der Waals surface area contributed by atoms with Crippen LogP contribution in [-0.4, -0.2) is 29.4 Å². The van der Waals surface area contributed by atoms with Crippen LogP contribution in [0.2, 0.25) is 5.02 Å². The van der Waals surface area contributed by atoms with Gasteiger partial charge in [0.25, 0.3) is 11.8 Å². The summed E-state index contributed by atoms with van der Waals surface area (Å²) in [6.07, 6.45) is 0.0540. The third kappa shape index (κ3) is 3.90. The zero-order valence-corrected chi connectivity index (χ0v) is 17.1. The smallest absolute Gasteiger partial charge is 0.278 e. The van der Waals surface area contributed by atoms with Crippen LogP contribution >= 0.6 is 11.6 Å². The molecule has 146 valence electrons. The number of hydrogen-bond acceptors (Lipinski definition) is 4. The van der Waals surface area contributed by atoms with E-state index in [0.29, 0.717) is 34.1 Å². The molecule has 0 aliphatic carbocycles. The number of likely N-dealkylation sites (N-methyl/N-ethyl adjacent to an activating group) is 1. The number of carbonyl (C=O) groups excluding carboxylic acids is 2. The number of rotatable bonds is 6. The number of hydrogen-bond donors (Lipinski definition) is 1. The summed E-state index contributed by atoms with van der Waals surface area (Å²) < 4.78 is 5.66. The van der Waals surface area contributed by atoms with Crippen molar-refractivity contribution in [3.05, 3.63) is 64.3 Å². The number of imide groups is 1. The Balaban J connectivity index is 2.05. The Morgan fingerprint density at radius 2 is 1.75 bits per heavy atom. The summed E-state index contributed by atoms with van der Waals surface area (Å²) in [6, 6.07) is 12.6. The van der Waals surface area contributed by atoms with Gasteiger partial charge in [0.05, 0.1) is 11.7 Å². The van der Waals surface area contributed by atoms with Crippen LogP contribution in [0.25, 0.3) is 5.57 Å². The monoisotopic (exact) mass is 398 g/mol. The molecule has 5 nitrogen and oxygen atoms in total. The average molecular weight is 399 g/mol. The quantitative estimate of drug-likeness (QED) is 0.719. The molecule has 1 heterocycles. The number of benzene rings is 2. The molecule has 2 amide bonds. The maximum Gasteiger partial charge on any atom is 0.278 e. The number of aryl methyl sites for hydroxylation is 1. The Hall–Kier alpha value is -2.79. The molecular weight excluding hydrogens is 376 g/mol. The molecule has 0 saturated heterocycles. The van der Waals surface area contributed by atoms with Crippen molar-refractivity contribution in [2.24, 2.45) is 0 Å². The third-order valence-corrected chi connectivity index (χ3v) is 4.69. The van der Waals surface area contributed by atoms with Gasteiger partial charge < -0.3 is 10.1 Å². The van der Waals surface area contributed by atoms with E-state index in [1.54, 1.807) is 43.3 Å². The number of halogens is 1. The standard InChI is InChI=1S/C22H23ClN2O3/c1-5-25-21(26)19(15-7-10-17(11-8-15)28-13(2)3)20(22(25)27)24-18-12-16(23)9-6-14(18)4/h6-13,24H,5H2,1-4H3. The molecule has 0 aromatic heterocycles. The van der Waals surface area contributed by atoms with Gasteiger partial charge in [-0.25, -0.2) is 0 Å². The Labute approximate surface area is 169 Å². The maximum atomic E-state index is 12.9. The molecule has 28 heavy (non-hydrogen) atoms. The van der Waals surface area contributed by atoms with Gasteiger partial charge in [-0.3, -0.25) is 14.5 Å². The minimum absolute atomic E-state index is 0.0540. The number of amides is 2. The first-order valence-electron chi connectivity index (χ1n) is 9.22. The van der Waals surface area contributed by atoms with Crippen molar-refractivity contribution in [3.8, 4) is 5.75 Å². The molecule has 0 fully saturated rings. The van der Waals surface area contributed by atoms with Crippen LogP contribution in [0.5, 0.6) is 5.75 Å². The van der Waals surface area contributed by atoms with E-state index in [4.69, 9.17) is 16.3 Å². The highest BCUT2D eigenvalue weighted by molar-refractivity contribution is 6.36. The van der Waals surface area contributed by atoms with Crippen LogP contribution in [0.15, 0.2) is 48.2 Å². The lowest BCUT2D eigenvalue weighted by molar-refractivity contribution is -0.136. The summed E-state index contributed by atoms with van der Waals surface area (Å²) in [5.41, 5.74) is 2.88. The molecule has 2 aromatic carbocycles. The van der Waals surface area contributed by atoms with Crippen LogP contribution in [0.3, 0.4) is 0 Å². The lowest BCUT2D eigenvalue weighted by Gasteiger charge is -2.13. The van der Waals surface area contributed by atoms with Crippen molar-refractivity contribution in [3.63, 3.8) is 0 Å². The van der Waals surface area contributed by atoms with Crippen LogP contribution in [0, 0.1) is 6.92 Å². The Morgan fingerprint density at radius 3 is 2.36 bits per heavy atom. The van der Waals surface area contributed by atoms with E-state index in [-0.39, 0.29) is 23.6 Å². The molecule has 0 atom stereocenters. The number of nitrogens with zero attached hydrogens (tertiary/aromatic N) is 1. The molecule has 1 aliphatic rings. The van der Waals surface area contributed by atoms with Gasteiger partial charge in [0.2, 0.25) is 0 Å². The van der Waals surface area contributed by atoms with Crippen LogP contribution in [0.1, 0.15) is 31.9 Å². The lowest BCUT2D eigenvalue weighted by atomic mass is 10.0. The minimum atomic E-state index is -0.343. The molecule has 0 radical (unpaired) electrons. The number of carbonyl (C=O) groups is 2. The first kappa shape index (κ1) is 20.0. The molecule has 2 aromatic rings. The second-order valence-corrected chi connectivity index (χ2v) is 7.32. The summed E-state index contributed by atoms with van der Waals surface area (Å²) >= 11 is 6.10. The molecule has 0 bridgehead atoms. The highest BCUT2D eigenvalue weighted by Crippen LogP contribution is 2.32. The van der Waals surface area contributed by atoms with E-state index >= 15 is 0 Å². The zero-order valence-electron chi connectivity index (χ0n) is 16.4. The second-order valence-electron chi connectivity index (χ2n) is 6.88. The zero-order chi connectivity index (χ0) is 20.4. The van der Waals surface area contributed by atoms with Gasteiger partial charge in [-0.1, -0.05) is 29.8 Å². The Bertz CT molecular complexity index is 949. The molecular formula is C22H23ClN2O3. The van der Waals surface area contributed by atoms with E-state index in [9.17, 15) is 9.59 Å². The van der Waals surface area contributed by atoms with Crippen LogP contribution in [0.4, 0.5) is 5.69 Å². The SMILES string of the molecule is CCN1C(=O)C(Nc2cc(Cl)ccc2C)=C(c2ccc(OC(C)C)cc2)C1=O. The van der Waals surface area contributed by atoms with Gasteiger partial charge in [-0.05, 0) is 63.1 Å². The van der Waals surface area contributed by atoms with E-state index in [1.165, 1.54) is 4.90 Å². The molecule has 1 aliphatic heterocycles. The molecule has 6 heteroatoms. The normalized spacial score (nSPS) is 14.3. The first-order chi connectivity index (χ1) is 13.3. The van der Waals surface area contributed by atoms with Crippen molar-refractivity contribution in [1.82, 2.24) is 4.90 Å². The van der Waals surface area contributed by atoms with E-state index in [2.05, 4.69) is 5.32 Å². The molecule has 0 spiro atoms. The van der Waals surface area contributed by atoms with Crippen molar-refractivity contribution in [1.29, 1.82) is 0 Å². The van der Waals surface area contributed by atoms with Gasteiger partial charge in [-0.15, -0.1) is 0 Å². The summed E-state index contributed by atoms with van der Waals surface area (Å²) in [5.74, 6) is 0.0558. The summed E-state index contributed by atoms with van der Waals surface area (Å²) in [4.78, 5) is 27.0. The van der Waals surface area contributed by atoms with Gasteiger partial charge in [-0.2, -0.15) is 0 Å². The molecule has 3 rings (SSSR count). The van der Waals surface area contributed by atoms with Gasteiger partial charge in [0, 0.05) is 17.3 Å². The largest absolute Gasteiger partial charge is 0.491 e. The summed E-state index contributed by atoms with van der Waals surface area (Å²) in [6.45, 7) is 7.89. The highest BCUT2D eigenvalue weighted by Gasteiger charge is 2.38. The van der Waals surface area contributed by atoms with Crippen molar-refractivity contribution in [2.45, 2.75) is 33.8 Å². The molecule has 0 saturated carbocycles. The van der Waals surface area contributed by atoms with Crippen molar-refractivity contribution in [2.75, 3.05) is 11.9 Å². The first-order valence-corrected chi connectivity index (χ1v) is 9.60. The van der Waals surface area contributed by atoms with E-state index < -0.39 is 0 Å². The topological polar surface area (TPSA) is 58.6 Å². The van der Waals surface area contributed by atoms with E-state index in [0.717, 1.165) is 5.56 Å². The fraction of sp³-hybridized carbons (Fsp3) is 0.273. The van der Waals surface area contributed by atoms with Gasteiger partial charge >= 0.3 is 0 Å². The summed E-state index contributed by atoms with van der Waals surface area (Å²) in [5, 5.41) is 3.69. The Morgan fingerprint density at radius 1 is 1.07 bits per heavy atom. The lowest BCUT2D eigenvalue weighted by Crippen LogP contribution is -2.32. The van der Waals surface area contributed by atoms with Crippen molar-refractivity contribution < 1.29 is 14.3 Å². The summed E-state index contributed by atoms with van der Waals surface area (Å²) in [7, 11) is 0. The average Bonchev–Trinajstić information content (AvgIpc) is 2.88. The van der Waals surface area contributed by atoms with Gasteiger partial charge in [0.15, 0.2) is 0 Å². The van der Waals surface area contributed by atoms with Gasteiger partial charge in [0.1, 0.15) is 11.4 Å². The predicted molar refractivity (Wildman–Crippen MR) is 111 cm³/mol. The van der Waals surface area contributed by atoms with Crippen molar-refractivity contribution >= 4 is 34.7 Å². The highest BCUT2D eigenvalue weighted by atomic mass is 35.5. The molecule has 0 unspecified atom stereocenters. The fourth-order valence-corrected chi connectivity index (χ4v) is 3.26. The van der Waals surface area contributed by atoms with Crippen LogP contribution < -0.4 is 10.1 Å². The Kier molecular flexibility index (Phi) is 5.75. The number of nitrogens with one attached hydrogen (secondary N) is 1. The number of anilines is 1. The third-order valence-electron chi connectivity index (χ3n) is 4.46. The van der Waals surface area contributed by atoms with E-state index in [1.807, 2.05) is 26.8 Å². The maximum absolute atomic E-state index is 12.9. The van der Waals surface area contributed by atoms with Crippen LogP contribution in [-0.2, 0) is 9.59 Å². The predicted octanol–water partition coefficient (Wildman–Crippen LogP) is 4.65. The second kappa shape index (κ2) is 8.07. The minimum Gasteiger partial charge on any atom is -0.491 e.